The number of aryl methyl sites for hydroxylation is 1. The molecule has 6 heterocycles. The Morgan fingerprint density at radius 2 is 1.68 bits per heavy atom. The van der Waals surface area contributed by atoms with Gasteiger partial charge in [-0.25, -0.2) is 24.3 Å². The molecular weight excluding hydrogens is 985 g/mol. The van der Waals surface area contributed by atoms with Crippen molar-refractivity contribution in [3.05, 3.63) is 118 Å². The first-order chi connectivity index (χ1) is 36.4. The monoisotopic (exact) mass is 1060 g/mol. The molecule has 5 N–H and O–H groups in total. The number of benzene rings is 2. The molecule has 0 saturated carbocycles. The number of pyridine rings is 1. The number of carbonyl (C=O) groups excluding carboxylic acids is 3. The maximum atomic E-state index is 14.0. The first-order valence-electron chi connectivity index (χ1n) is 26.1. The Kier molecular flexibility index (Phi) is 17.8. The molecule has 3 amide bonds. The number of aliphatic hydroxyl groups excluding tert-OH is 1. The van der Waals surface area contributed by atoms with Crippen LogP contribution in [0.15, 0.2) is 95.9 Å². The number of fused-ring (bicyclic) bond motifs is 1. The smallest absolute Gasteiger partial charge is 0.278 e. The largest absolute Gasteiger partial charge is 0.391 e. The number of thiazole rings is 1. The Hall–Kier alpha value is -6.84. The molecule has 2 fully saturated rings. The standard InChI is InChI=1S/C56H72N12O7S/c1-8-24-67-52(72)43-34-58-54(63-50(43)68(67)46-14-12-13-45(61-46)56(6,7)74)60-40-19-21-41(22-20-40)65-28-26-64(27-29-65)25-10-9-11-30-75-31-23-47(70)62-49(55(3,4)5)53(73)66-35-42(69)32-44(66)51(71)57-33-38-15-17-39(18-16-38)48-37(2)59-36-76-48/h8,12-22,34,36,42,44,49,69,74H,1,9-11,23-33,35H2,2-7H3,(H,57,71)(H,62,70)(H,58,60,63)/t42-,44+,49-/m1/s1. The number of hydrogen-bond donors (Lipinski definition) is 5. The van der Waals surface area contributed by atoms with Crippen molar-refractivity contribution < 1.29 is 29.3 Å². The average Bonchev–Trinajstić information content (AvgIpc) is 4.18. The fourth-order valence-electron chi connectivity index (χ4n) is 9.60. The van der Waals surface area contributed by atoms with Crippen LogP contribution in [-0.4, -0.2) is 138 Å². The van der Waals surface area contributed by atoms with Crippen molar-refractivity contribution in [1.29, 1.82) is 0 Å². The van der Waals surface area contributed by atoms with E-state index in [2.05, 4.69) is 59.4 Å². The zero-order valence-corrected chi connectivity index (χ0v) is 45.3. The number of nitrogens with zero attached hydrogens (tertiary/aromatic N) is 9. The van der Waals surface area contributed by atoms with Crippen molar-refractivity contribution in [2.75, 3.05) is 62.7 Å². The van der Waals surface area contributed by atoms with E-state index in [1.807, 2.05) is 69.6 Å². The normalized spacial score (nSPS) is 16.7. The van der Waals surface area contributed by atoms with Gasteiger partial charge in [0.1, 0.15) is 23.1 Å². The molecule has 2 saturated heterocycles. The molecule has 0 radical (unpaired) electrons. The van der Waals surface area contributed by atoms with Crippen molar-refractivity contribution in [1.82, 2.24) is 49.7 Å². The molecule has 0 bridgehead atoms. The highest BCUT2D eigenvalue weighted by atomic mass is 32.1. The fourth-order valence-corrected chi connectivity index (χ4v) is 10.4. The van der Waals surface area contributed by atoms with Crippen LogP contribution in [0.4, 0.5) is 17.3 Å². The van der Waals surface area contributed by atoms with Crippen LogP contribution in [0, 0.1) is 12.3 Å². The zero-order chi connectivity index (χ0) is 54.1. The summed E-state index contributed by atoms with van der Waals surface area (Å²) in [6.45, 7) is 20.7. The number of aromatic nitrogens is 6. The molecule has 20 heteroatoms. The second kappa shape index (κ2) is 24.4. The number of piperazine rings is 1. The lowest BCUT2D eigenvalue weighted by atomic mass is 9.85. The average molecular weight is 1060 g/mol. The van der Waals surface area contributed by atoms with Crippen LogP contribution in [-0.2, 0) is 37.8 Å². The van der Waals surface area contributed by atoms with Gasteiger partial charge < -0.3 is 40.7 Å². The number of hydrogen-bond acceptors (Lipinski definition) is 15. The lowest BCUT2D eigenvalue weighted by Crippen LogP contribution is -2.57. The van der Waals surface area contributed by atoms with Gasteiger partial charge in [-0.1, -0.05) is 57.2 Å². The SMILES string of the molecule is C=CCn1c(=O)c2cnc(Nc3ccc(N4CCN(CCCCCOCCC(=O)N[C@H](C(=O)N5C[C@H](O)C[C@H]5C(=O)NCc5ccc(-c6scnc6C)cc5)C(C)(C)C)CC4)cc3)nc2n1-c1cccc(C(C)(C)O)n1. The minimum absolute atomic E-state index is 0.0103. The summed E-state index contributed by atoms with van der Waals surface area (Å²) in [5.74, 6) is -0.295. The molecule has 2 aliphatic heterocycles. The molecule has 4 aromatic heterocycles. The zero-order valence-electron chi connectivity index (χ0n) is 44.5. The minimum Gasteiger partial charge on any atom is -0.391 e. The molecule has 2 aliphatic rings. The van der Waals surface area contributed by atoms with E-state index >= 15 is 0 Å². The van der Waals surface area contributed by atoms with E-state index in [9.17, 15) is 29.4 Å². The van der Waals surface area contributed by atoms with Crippen LogP contribution in [0.2, 0.25) is 0 Å². The van der Waals surface area contributed by atoms with E-state index in [1.165, 1.54) is 15.8 Å². The van der Waals surface area contributed by atoms with Crippen LogP contribution in [0.5, 0.6) is 0 Å². The Labute approximate surface area is 448 Å². The summed E-state index contributed by atoms with van der Waals surface area (Å²) in [6.07, 6.45) is 5.42. The molecule has 3 atom stereocenters. The van der Waals surface area contributed by atoms with Gasteiger partial charge in [0.15, 0.2) is 11.5 Å². The van der Waals surface area contributed by atoms with Gasteiger partial charge in [-0.3, -0.25) is 24.1 Å². The third kappa shape index (κ3) is 13.6. The van der Waals surface area contributed by atoms with E-state index in [4.69, 9.17) is 9.72 Å². The number of rotatable bonds is 22. The van der Waals surface area contributed by atoms with Crippen LogP contribution in [0.1, 0.15) is 83.7 Å². The first kappa shape index (κ1) is 55.4. The molecule has 0 spiro atoms. The van der Waals surface area contributed by atoms with E-state index in [0.29, 0.717) is 35.1 Å². The number of allylic oxidation sites excluding steroid dienone is 1. The van der Waals surface area contributed by atoms with Gasteiger partial charge in [-0.05, 0) is 99.5 Å². The number of ether oxygens (including phenoxy) is 1. The highest BCUT2D eigenvalue weighted by Gasteiger charge is 2.44. The maximum absolute atomic E-state index is 14.0. The third-order valence-corrected chi connectivity index (χ3v) is 14.8. The molecule has 404 valence electrons. The molecule has 6 aromatic rings. The summed E-state index contributed by atoms with van der Waals surface area (Å²) in [6, 6.07) is 19.6. The van der Waals surface area contributed by atoms with Crippen LogP contribution < -0.4 is 26.4 Å². The topological polar surface area (TPSA) is 225 Å². The Morgan fingerprint density at radius 1 is 0.934 bits per heavy atom. The second-order valence-electron chi connectivity index (χ2n) is 21.2. The highest BCUT2D eigenvalue weighted by molar-refractivity contribution is 7.13. The summed E-state index contributed by atoms with van der Waals surface area (Å²) in [5, 5.41) is 30.7. The van der Waals surface area contributed by atoms with Crippen LogP contribution in [0.3, 0.4) is 0 Å². The molecular formula is C56H72N12O7S. The van der Waals surface area contributed by atoms with Gasteiger partial charge in [-0.15, -0.1) is 17.9 Å². The lowest BCUT2D eigenvalue weighted by Gasteiger charge is -2.36. The second-order valence-corrected chi connectivity index (χ2v) is 22.1. The molecule has 0 aliphatic carbocycles. The summed E-state index contributed by atoms with van der Waals surface area (Å²) in [4.78, 5) is 79.7. The summed E-state index contributed by atoms with van der Waals surface area (Å²) < 4.78 is 8.99. The molecule has 0 unspecified atom stereocenters. The number of amides is 3. The Bertz CT molecular complexity index is 3020. The number of nitrogens with one attached hydrogen (secondary N) is 3. The molecule has 2 aromatic carbocycles. The molecule has 8 rings (SSSR count). The maximum Gasteiger partial charge on any atom is 0.278 e. The summed E-state index contributed by atoms with van der Waals surface area (Å²) in [7, 11) is 0. The Morgan fingerprint density at radius 3 is 2.37 bits per heavy atom. The lowest BCUT2D eigenvalue weighted by molar-refractivity contribution is -0.144. The molecule has 76 heavy (non-hydrogen) atoms. The van der Waals surface area contributed by atoms with Gasteiger partial charge in [0.25, 0.3) is 5.56 Å². The number of carbonyl (C=O) groups is 3. The van der Waals surface area contributed by atoms with Gasteiger partial charge in [-0.2, -0.15) is 4.98 Å². The number of likely N-dealkylation sites (tertiary alicyclic amines) is 1. The number of β-amino-alcohol motifs (C(OH)–C–C–N with tert-alkyl or cyclic N) is 1. The predicted octanol–water partition coefficient (Wildman–Crippen LogP) is 6.07. The van der Waals surface area contributed by atoms with Gasteiger partial charge in [0.2, 0.25) is 23.7 Å². The van der Waals surface area contributed by atoms with Crippen molar-refractivity contribution in [2.45, 2.75) is 111 Å². The van der Waals surface area contributed by atoms with Crippen molar-refractivity contribution in [3.8, 4) is 16.3 Å². The predicted molar refractivity (Wildman–Crippen MR) is 296 cm³/mol. The van der Waals surface area contributed by atoms with E-state index in [-0.39, 0.29) is 56.5 Å². The summed E-state index contributed by atoms with van der Waals surface area (Å²) >= 11 is 1.58. The minimum atomic E-state index is -1.18. The van der Waals surface area contributed by atoms with Gasteiger partial charge >= 0.3 is 0 Å². The number of aliphatic hydroxyl groups is 2. The van der Waals surface area contributed by atoms with Crippen LogP contribution >= 0.6 is 11.3 Å². The van der Waals surface area contributed by atoms with Gasteiger partial charge in [0.05, 0.1) is 41.0 Å². The third-order valence-electron chi connectivity index (χ3n) is 13.9. The van der Waals surface area contributed by atoms with E-state index in [1.54, 1.807) is 54.1 Å². The first-order valence-corrected chi connectivity index (χ1v) is 27.0. The van der Waals surface area contributed by atoms with E-state index < -0.39 is 35.1 Å². The van der Waals surface area contributed by atoms with Crippen molar-refractivity contribution in [2.24, 2.45) is 5.41 Å². The number of anilines is 3. The molecule has 19 nitrogen and oxygen atoms in total. The van der Waals surface area contributed by atoms with Crippen LogP contribution in [0.25, 0.3) is 27.3 Å². The fraction of sp³-hybridized carbons (Fsp3) is 0.464. The van der Waals surface area contributed by atoms with Gasteiger partial charge in [0, 0.05) is 76.3 Å². The van der Waals surface area contributed by atoms with Crippen molar-refractivity contribution in [3.63, 3.8) is 0 Å². The van der Waals surface area contributed by atoms with E-state index in [0.717, 1.165) is 85.1 Å². The quantitative estimate of drug-likeness (QED) is 0.0384. The van der Waals surface area contributed by atoms with Crippen molar-refractivity contribution >= 4 is 57.4 Å². The Balaban J connectivity index is 0.726. The number of unbranched alkanes of at least 4 members (excludes halogenated alkanes) is 2. The summed E-state index contributed by atoms with van der Waals surface area (Å²) in [5.41, 5.74) is 5.40. The highest BCUT2D eigenvalue weighted by Crippen LogP contribution is 2.29.